The Hall–Kier alpha value is -4.13. The van der Waals surface area contributed by atoms with Crippen LogP contribution in [0.25, 0.3) is 0 Å². The van der Waals surface area contributed by atoms with Crippen molar-refractivity contribution >= 4 is 29.1 Å². The molecule has 0 radical (unpaired) electrons. The van der Waals surface area contributed by atoms with Crippen molar-refractivity contribution in [1.82, 2.24) is 10.2 Å². The molecule has 1 aliphatic rings. The minimum absolute atomic E-state index is 0.0492. The van der Waals surface area contributed by atoms with Crippen molar-refractivity contribution in [1.29, 1.82) is 0 Å². The van der Waals surface area contributed by atoms with Gasteiger partial charge >= 0.3 is 0 Å². The van der Waals surface area contributed by atoms with Crippen LogP contribution in [-0.4, -0.2) is 42.3 Å². The normalized spacial score (nSPS) is 14.2. The van der Waals surface area contributed by atoms with Gasteiger partial charge in [0.1, 0.15) is 0 Å². The molecule has 1 aliphatic heterocycles. The van der Waals surface area contributed by atoms with Gasteiger partial charge in [-0.05, 0) is 73.9 Å². The fourth-order valence-corrected chi connectivity index (χ4v) is 4.38. The van der Waals surface area contributed by atoms with Crippen LogP contribution < -0.4 is 16.0 Å². The zero-order chi connectivity index (χ0) is 26.0. The molecule has 37 heavy (non-hydrogen) atoms. The SMILES string of the molecule is CC(NC(=O)c1ccc(NCC(=O)Nc2ccc(C(=O)N3CCCCCC3)cc2)cc1)c1ccccc1. The molecule has 4 rings (SSSR count). The second-order valence-corrected chi connectivity index (χ2v) is 9.37. The number of anilines is 2. The maximum Gasteiger partial charge on any atom is 0.253 e. The van der Waals surface area contributed by atoms with Crippen molar-refractivity contribution in [2.24, 2.45) is 0 Å². The average molecular weight is 499 g/mol. The Morgan fingerprint density at radius 2 is 1.35 bits per heavy atom. The lowest BCUT2D eigenvalue weighted by Crippen LogP contribution is -2.31. The molecule has 7 nitrogen and oxygen atoms in total. The van der Waals surface area contributed by atoms with Crippen molar-refractivity contribution in [3.8, 4) is 0 Å². The predicted molar refractivity (Wildman–Crippen MR) is 147 cm³/mol. The molecule has 1 saturated heterocycles. The molecule has 0 saturated carbocycles. The molecule has 1 fully saturated rings. The van der Waals surface area contributed by atoms with Crippen molar-refractivity contribution in [2.45, 2.75) is 38.6 Å². The number of hydrogen-bond acceptors (Lipinski definition) is 4. The molecule has 3 N–H and O–H groups in total. The maximum atomic E-state index is 12.7. The van der Waals surface area contributed by atoms with Crippen LogP contribution in [-0.2, 0) is 4.79 Å². The summed E-state index contributed by atoms with van der Waals surface area (Å²) in [5.74, 6) is -0.309. The van der Waals surface area contributed by atoms with Crippen molar-refractivity contribution in [3.05, 3.63) is 95.6 Å². The van der Waals surface area contributed by atoms with E-state index in [0.29, 0.717) is 16.8 Å². The maximum absolute atomic E-state index is 12.7. The minimum atomic E-state index is -0.204. The first-order valence-corrected chi connectivity index (χ1v) is 12.9. The van der Waals surface area contributed by atoms with Gasteiger partial charge < -0.3 is 20.9 Å². The summed E-state index contributed by atoms with van der Waals surface area (Å²) in [6.45, 7) is 3.64. The van der Waals surface area contributed by atoms with E-state index in [1.54, 1.807) is 48.5 Å². The van der Waals surface area contributed by atoms with Gasteiger partial charge in [-0.25, -0.2) is 0 Å². The van der Waals surface area contributed by atoms with Gasteiger partial charge in [0, 0.05) is 35.6 Å². The lowest BCUT2D eigenvalue weighted by atomic mass is 10.1. The number of benzene rings is 3. The number of rotatable bonds is 8. The minimum Gasteiger partial charge on any atom is -0.376 e. The standard InChI is InChI=1S/C30H34N4O3/c1-22(23-9-5-4-6-10-23)32-29(36)24-11-15-26(16-12-24)31-21-28(35)33-27-17-13-25(14-18-27)30(37)34-19-7-2-3-8-20-34/h4-6,9-18,22,31H,2-3,7-8,19-21H2,1H3,(H,32,36)(H,33,35). The van der Waals surface area contributed by atoms with Gasteiger partial charge in [-0.2, -0.15) is 0 Å². The molecule has 3 amide bonds. The molecule has 0 aromatic heterocycles. The summed E-state index contributed by atoms with van der Waals surface area (Å²) < 4.78 is 0. The molecule has 1 unspecified atom stereocenters. The Kier molecular flexibility index (Phi) is 8.92. The van der Waals surface area contributed by atoms with Crippen LogP contribution in [0.2, 0.25) is 0 Å². The Morgan fingerprint density at radius 3 is 2.00 bits per heavy atom. The van der Waals surface area contributed by atoms with Crippen LogP contribution in [0.3, 0.4) is 0 Å². The molecular formula is C30H34N4O3. The summed E-state index contributed by atoms with van der Waals surface area (Å²) in [5, 5.41) is 8.91. The zero-order valence-electron chi connectivity index (χ0n) is 21.2. The summed E-state index contributed by atoms with van der Waals surface area (Å²) in [6, 6.07) is 23.7. The number of hydrogen-bond donors (Lipinski definition) is 3. The van der Waals surface area contributed by atoms with Gasteiger partial charge in [-0.15, -0.1) is 0 Å². The highest BCUT2D eigenvalue weighted by Gasteiger charge is 2.17. The Morgan fingerprint density at radius 1 is 0.757 bits per heavy atom. The van der Waals surface area contributed by atoms with Gasteiger partial charge in [-0.3, -0.25) is 14.4 Å². The van der Waals surface area contributed by atoms with E-state index in [1.807, 2.05) is 42.2 Å². The second-order valence-electron chi connectivity index (χ2n) is 9.37. The molecule has 0 spiro atoms. The van der Waals surface area contributed by atoms with Crippen molar-refractivity contribution in [3.63, 3.8) is 0 Å². The second kappa shape index (κ2) is 12.7. The van der Waals surface area contributed by atoms with Gasteiger partial charge in [0.2, 0.25) is 5.91 Å². The molecule has 0 bridgehead atoms. The smallest absolute Gasteiger partial charge is 0.253 e. The topological polar surface area (TPSA) is 90.5 Å². The molecule has 1 heterocycles. The van der Waals surface area contributed by atoms with E-state index in [9.17, 15) is 14.4 Å². The van der Waals surface area contributed by atoms with E-state index in [4.69, 9.17) is 0 Å². The summed E-state index contributed by atoms with van der Waals surface area (Å²) in [6.07, 6.45) is 4.46. The summed E-state index contributed by atoms with van der Waals surface area (Å²) in [4.78, 5) is 39.6. The van der Waals surface area contributed by atoms with E-state index in [2.05, 4.69) is 16.0 Å². The Bertz CT molecular complexity index is 1190. The first-order chi connectivity index (χ1) is 18.0. The van der Waals surface area contributed by atoms with Crippen LogP contribution in [0.1, 0.15) is 64.9 Å². The molecule has 3 aromatic carbocycles. The number of carbonyl (C=O) groups excluding carboxylic acids is 3. The molecule has 1 atom stereocenters. The first kappa shape index (κ1) is 25.9. The van der Waals surface area contributed by atoms with Crippen LogP contribution >= 0.6 is 0 Å². The van der Waals surface area contributed by atoms with E-state index in [1.165, 1.54) is 12.8 Å². The fraction of sp³-hybridized carbons (Fsp3) is 0.300. The fourth-order valence-electron chi connectivity index (χ4n) is 4.38. The number of amides is 3. The average Bonchev–Trinajstić information content (AvgIpc) is 3.22. The summed E-state index contributed by atoms with van der Waals surface area (Å²) in [7, 11) is 0. The molecule has 0 aliphatic carbocycles. The van der Waals surface area contributed by atoms with Crippen molar-refractivity contribution in [2.75, 3.05) is 30.3 Å². The number of likely N-dealkylation sites (tertiary alicyclic amines) is 1. The van der Waals surface area contributed by atoms with Gasteiger partial charge in [0.05, 0.1) is 12.6 Å². The Labute approximate surface area is 218 Å². The van der Waals surface area contributed by atoms with Crippen molar-refractivity contribution < 1.29 is 14.4 Å². The largest absolute Gasteiger partial charge is 0.376 e. The van der Waals surface area contributed by atoms with E-state index in [0.717, 1.165) is 37.2 Å². The van der Waals surface area contributed by atoms with Crippen LogP contribution in [0.15, 0.2) is 78.9 Å². The summed E-state index contributed by atoms with van der Waals surface area (Å²) >= 11 is 0. The van der Waals surface area contributed by atoms with E-state index >= 15 is 0 Å². The van der Waals surface area contributed by atoms with E-state index in [-0.39, 0.29) is 30.3 Å². The predicted octanol–water partition coefficient (Wildman–Crippen LogP) is 5.24. The lowest BCUT2D eigenvalue weighted by molar-refractivity contribution is -0.114. The molecule has 192 valence electrons. The number of nitrogens with one attached hydrogen (secondary N) is 3. The summed E-state index contributed by atoms with van der Waals surface area (Å²) in [5.41, 5.74) is 3.60. The van der Waals surface area contributed by atoms with Gasteiger partial charge in [0.15, 0.2) is 0 Å². The number of carbonyl (C=O) groups is 3. The van der Waals surface area contributed by atoms with Crippen LogP contribution in [0.4, 0.5) is 11.4 Å². The van der Waals surface area contributed by atoms with E-state index < -0.39 is 0 Å². The number of nitrogens with zero attached hydrogens (tertiary/aromatic N) is 1. The highest BCUT2D eigenvalue weighted by atomic mass is 16.2. The highest BCUT2D eigenvalue weighted by molar-refractivity contribution is 5.97. The Balaban J connectivity index is 1.23. The molecule has 3 aromatic rings. The van der Waals surface area contributed by atoms with Crippen LogP contribution in [0, 0.1) is 0 Å². The zero-order valence-corrected chi connectivity index (χ0v) is 21.2. The third-order valence-electron chi connectivity index (χ3n) is 6.56. The lowest BCUT2D eigenvalue weighted by Gasteiger charge is -2.20. The molecular weight excluding hydrogens is 464 g/mol. The highest BCUT2D eigenvalue weighted by Crippen LogP contribution is 2.17. The third-order valence-corrected chi connectivity index (χ3v) is 6.56. The van der Waals surface area contributed by atoms with Crippen LogP contribution in [0.5, 0.6) is 0 Å². The first-order valence-electron chi connectivity index (χ1n) is 12.9. The molecule has 7 heteroatoms. The van der Waals surface area contributed by atoms with Gasteiger partial charge in [-0.1, -0.05) is 43.2 Å². The van der Waals surface area contributed by atoms with Gasteiger partial charge in [0.25, 0.3) is 11.8 Å². The monoisotopic (exact) mass is 498 g/mol. The third kappa shape index (κ3) is 7.43. The quantitative estimate of drug-likeness (QED) is 0.396.